The summed E-state index contributed by atoms with van der Waals surface area (Å²) in [5.41, 5.74) is 1.25. The Morgan fingerprint density at radius 2 is 2.00 bits per heavy atom. The molecular formula is C18H22N4S. The van der Waals surface area contributed by atoms with Gasteiger partial charge in [0.05, 0.1) is 11.9 Å². The number of pyridine rings is 2. The summed E-state index contributed by atoms with van der Waals surface area (Å²) in [6.07, 6.45) is 9.66. The lowest BCUT2D eigenvalue weighted by molar-refractivity contribution is 0.254. The van der Waals surface area contributed by atoms with Crippen LogP contribution in [-0.4, -0.2) is 47.1 Å². The number of nitrogens with zero attached hydrogens (tertiary/aromatic N) is 4. The molecular weight excluding hydrogens is 304 g/mol. The van der Waals surface area contributed by atoms with E-state index in [9.17, 15) is 0 Å². The molecule has 2 fully saturated rings. The second-order valence-corrected chi connectivity index (χ2v) is 7.52. The minimum Gasteiger partial charge on any atom is -0.369 e. The van der Waals surface area contributed by atoms with Crippen LogP contribution in [0.4, 0.5) is 5.69 Å². The van der Waals surface area contributed by atoms with Gasteiger partial charge in [-0.2, -0.15) is 0 Å². The maximum absolute atomic E-state index is 4.64. The van der Waals surface area contributed by atoms with Gasteiger partial charge in [0.15, 0.2) is 0 Å². The molecule has 120 valence electrons. The fourth-order valence-corrected chi connectivity index (χ4v) is 4.43. The van der Waals surface area contributed by atoms with Gasteiger partial charge in [-0.25, -0.2) is 4.98 Å². The number of likely N-dealkylation sites (N-methyl/N-ethyl adjacent to an activating group) is 1. The quantitative estimate of drug-likeness (QED) is 0.864. The van der Waals surface area contributed by atoms with Crippen LogP contribution in [-0.2, 0) is 0 Å². The average Bonchev–Trinajstić information content (AvgIpc) is 2.82. The van der Waals surface area contributed by atoms with Crippen LogP contribution >= 0.6 is 11.8 Å². The van der Waals surface area contributed by atoms with Crippen molar-refractivity contribution in [3.05, 3.63) is 42.9 Å². The summed E-state index contributed by atoms with van der Waals surface area (Å²) in [5, 5.41) is 1.02. The van der Waals surface area contributed by atoms with E-state index in [0.29, 0.717) is 6.04 Å². The molecule has 5 heteroatoms. The van der Waals surface area contributed by atoms with Crippen LogP contribution in [0.3, 0.4) is 0 Å². The van der Waals surface area contributed by atoms with Crippen LogP contribution in [0, 0.1) is 0 Å². The molecule has 2 saturated heterocycles. The Morgan fingerprint density at radius 1 is 1.09 bits per heavy atom. The van der Waals surface area contributed by atoms with Gasteiger partial charge >= 0.3 is 0 Å². The van der Waals surface area contributed by atoms with Gasteiger partial charge in [0, 0.05) is 42.5 Å². The first-order valence-corrected chi connectivity index (χ1v) is 9.12. The van der Waals surface area contributed by atoms with Crippen LogP contribution in [0.2, 0.25) is 0 Å². The molecule has 2 aliphatic rings. The predicted octanol–water partition coefficient (Wildman–Crippen LogP) is 3.30. The molecule has 0 saturated carbocycles. The highest BCUT2D eigenvalue weighted by Crippen LogP contribution is 2.31. The lowest BCUT2D eigenvalue weighted by Crippen LogP contribution is -2.36. The van der Waals surface area contributed by atoms with Gasteiger partial charge in [0.2, 0.25) is 0 Å². The van der Waals surface area contributed by atoms with E-state index in [1.165, 1.54) is 24.9 Å². The lowest BCUT2D eigenvalue weighted by atomic mass is 10.1. The Bertz CT molecular complexity index is 646. The van der Waals surface area contributed by atoms with E-state index in [1.54, 1.807) is 18.0 Å². The van der Waals surface area contributed by atoms with E-state index in [2.05, 4.69) is 45.0 Å². The van der Waals surface area contributed by atoms with E-state index < -0.39 is 0 Å². The molecule has 0 spiro atoms. The van der Waals surface area contributed by atoms with Crippen molar-refractivity contribution >= 4 is 17.4 Å². The molecule has 2 aliphatic heterocycles. The average molecular weight is 326 g/mol. The summed E-state index contributed by atoms with van der Waals surface area (Å²) < 4.78 is 0. The van der Waals surface area contributed by atoms with Gasteiger partial charge in [-0.3, -0.25) is 9.88 Å². The fraction of sp³-hybridized carbons (Fsp3) is 0.444. The van der Waals surface area contributed by atoms with Crippen molar-refractivity contribution in [3.8, 4) is 0 Å². The van der Waals surface area contributed by atoms with Gasteiger partial charge in [0.25, 0.3) is 0 Å². The van der Waals surface area contributed by atoms with Gasteiger partial charge in [-0.1, -0.05) is 11.8 Å². The van der Waals surface area contributed by atoms with Gasteiger partial charge < -0.3 is 4.90 Å². The normalized spacial score (nSPS) is 24.7. The van der Waals surface area contributed by atoms with Crippen LogP contribution in [0.5, 0.6) is 0 Å². The number of anilines is 1. The minimum absolute atomic E-state index is 0.701. The Hall–Kier alpha value is -1.59. The lowest BCUT2D eigenvalue weighted by Gasteiger charge is -2.27. The van der Waals surface area contributed by atoms with Gasteiger partial charge in [0.1, 0.15) is 5.03 Å². The Balaban J connectivity index is 1.46. The molecule has 0 aliphatic carbocycles. The van der Waals surface area contributed by atoms with Crippen LogP contribution in [0.25, 0.3) is 0 Å². The Morgan fingerprint density at radius 3 is 2.78 bits per heavy atom. The predicted molar refractivity (Wildman–Crippen MR) is 94.0 cm³/mol. The number of aromatic nitrogens is 2. The van der Waals surface area contributed by atoms with Crippen LogP contribution in [0.15, 0.2) is 52.8 Å². The highest BCUT2D eigenvalue weighted by Gasteiger charge is 2.34. The molecule has 4 rings (SSSR count). The molecule has 2 unspecified atom stereocenters. The van der Waals surface area contributed by atoms with Crippen molar-refractivity contribution in [2.75, 3.05) is 25.0 Å². The third-order valence-corrected chi connectivity index (χ3v) is 6.02. The summed E-state index contributed by atoms with van der Waals surface area (Å²) in [4.78, 5) is 15.0. The second-order valence-electron chi connectivity index (χ2n) is 6.43. The fourth-order valence-electron chi connectivity index (χ4n) is 3.69. The monoisotopic (exact) mass is 326 g/mol. The topological polar surface area (TPSA) is 32.3 Å². The van der Waals surface area contributed by atoms with Gasteiger partial charge in [-0.15, -0.1) is 0 Å². The highest BCUT2D eigenvalue weighted by atomic mass is 32.2. The number of rotatable bonds is 3. The summed E-state index contributed by atoms with van der Waals surface area (Å²) in [6, 6.07) is 9.84. The molecule has 4 nitrogen and oxygen atoms in total. The van der Waals surface area contributed by atoms with E-state index in [0.717, 1.165) is 29.1 Å². The third-order valence-electron chi connectivity index (χ3n) is 5.09. The first-order valence-electron chi connectivity index (χ1n) is 8.30. The summed E-state index contributed by atoms with van der Waals surface area (Å²) in [7, 11) is 2.29. The molecule has 2 aromatic rings. The molecule has 0 N–H and O–H groups in total. The third kappa shape index (κ3) is 3.21. The summed E-state index contributed by atoms with van der Waals surface area (Å²) in [6.45, 7) is 2.27. The Labute approximate surface area is 141 Å². The number of fused-ring (bicyclic) bond motifs is 2. The maximum Gasteiger partial charge on any atom is 0.101 e. The molecule has 2 bridgehead atoms. The molecule has 0 amide bonds. The van der Waals surface area contributed by atoms with E-state index in [4.69, 9.17) is 0 Å². The second kappa shape index (κ2) is 6.49. The van der Waals surface area contributed by atoms with E-state index in [1.807, 2.05) is 18.5 Å². The molecule has 4 heterocycles. The minimum atomic E-state index is 0.701. The molecule has 2 aromatic heterocycles. The first kappa shape index (κ1) is 15.0. The largest absolute Gasteiger partial charge is 0.369 e. The zero-order chi connectivity index (χ0) is 15.6. The molecule has 0 aromatic carbocycles. The number of hydrogen-bond donors (Lipinski definition) is 0. The Kier molecular flexibility index (Phi) is 4.23. The first-order chi connectivity index (χ1) is 11.3. The van der Waals surface area contributed by atoms with Crippen molar-refractivity contribution < 1.29 is 0 Å². The van der Waals surface area contributed by atoms with Crippen molar-refractivity contribution in [2.45, 2.75) is 41.3 Å². The van der Waals surface area contributed by atoms with Gasteiger partial charge in [-0.05, 0) is 50.6 Å². The van der Waals surface area contributed by atoms with Crippen molar-refractivity contribution in [1.82, 2.24) is 14.9 Å². The van der Waals surface area contributed by atoms with Crippen LogP contribution < -0.4 is 4.90 Å². The molecule has 0 radical (unpaired) electrons. The molecule has 23 heavy (non-hydrogen) atoms. The SMILES string of the molecule is CN1C2CCC1CN(c1ccc(Sc3cccnc3)nc1)CC2. The van der Waals surface area contributed by atoms with Crippen molar-refractivity contribution in [1.29, 1.82) is 0 Å². The standard InChI is InChI=1S/C18H22N4S/c1-21-14-4-5-16(21)13-22(10-8-14)15-6-7-18(20-11-15)23-17-3-2-9-19-12-17/h2-3,6-7,9,11-12,14,16H,4-5,8,10,13H2,1H3. The summed E-state index contributed by atoms with van der Waals surface area (Å²) >= 11 is 1.66. The zero-order valence-electron chi connectivity index (χ0n) is 13.4. The van der Waals surface area contributed by atoms with Crippen LogP contribution in [0.1, 0.15) is 19.3 Å². The van der Waals surface area contributed by atoms with E-state index in [-0.39, 0.29) is 0 Å². The highest BCUT2D eigenvalue weighted by molar-refractivity contribution is 7.99. The van der Waals surface area contributed by atoms with E-state index >= 15 is 0 Å². The smallest absolute Gasteiger partial charge is 0.101 e. The van der Waals surface area contributed by atoms with Crippen molar-refractivity contribution in [2.24, 2.45) is 0 Å². The van der Waals surface area contributed by atoms with Crippen molar-refractivity contribution in [3.63, 3.8) is 0 Å². The molecule has 2 atom stereocenters. The number of hydrogen-bond acceptors (Lipinski definition) is 5. The summed E-state index contributed by atoms with van der Waals surface area (Å²) in [5.74, 6) is 0. The maximum atomic E-state index is 4.64. The zero-order valence-corrected chi connectivity index (χ0v) is 14.2.